The molecule has 0 radical (unpaired) electrons. The molecule has 4 aromatic rings. The molecule has 4 N–H and O–H groups in total. The number of nitrogens with one attached hydrogen (secondary N) is 4. The molecular weight excluding hydrogens is 739 g/mol. The minimum atomic E-state index is -0.745. The summed E-state index contributed by atoms with van der Waals surface area (Å²) in [5, 5.41) is 15.5. The van der Waals surface area contributed by atoms with Crippen LogP contribution in [0.3, 0.4) is 0 Å². The second kappa shape index (κ2) is 15.3. The van der Waals surface area contributed by atoms with Crippen molar-refractivity contribution in [2.24, 2.45) is 23.7 Å². The van der Waals surface area contributed by atoms with Gasteiger partial charge in [0, 0.05) is 29.4 Å². The van der Waals surface area contributed by atoms with Gasteiger partial charge in [-0.25, -0.2) is 19.6 Å². The maximum Gasteiger partial charge on any atom is 0.407 e. The molecule has 302 valence electrons. The molecular formula is C43H49N9O6. The summed E-state index contributed by atoms with van der Waals surface area (Å²) in [5.41, 5.74) is 5.31. The van der Waals surface area contributed by atoms with Crippen LogP contribution in [0.5, 0.6) is 0 Å². The molecule has 0 unspecified atom stereocenters. The van der Waals surface area contributed by atoms with Crippen LogP contribution in [0.1, 0.15) is 82.8 Å². The fraction of sp³-hybridized carbons (Fsp3) is 0.465. The lowest BCUT2D eigenvalue weighted by Gasteiger charge is -2.31. The molecule has 8 rings (SSSR count). The van der Waals surface area contributed by atoms with E-state index in [0.717, 1.165) is 59.5 Å². The van der Waals surface area contributed by atoms with Crippen LogP contribution in [0.15, 0.2) is 54.7 Å². The summed E-state index contributed by atoms with van der Waals surface area (Å²) in [6.45, 7) is 7.59. The first-order chi connectivity index (χ1) is 27.9. The monoisotopic (exact) mass is 787 g/mol. The Balaban J connectivity index is 0.961. The summed E-state index contributed by atoms with van der Waals surface area (Å²) in [4.78, 5) is 71.9. The van der Waals surface area contributed by atoms with Gasteiger partial charge in [-0.3, -0.25) is 9.59 Å². The molecule has 2 aromatic carbocycles. The van der Waals surface area contributed by atoms with Crippen molar-refractivity contribution in [1.82, 2.24) is 40.4 Å². The lowest BCUT2D eigenvalue weighted by molar-refractivity contribution is -0.137. The molecule has 2 saturated heterocycles. The molecule has 0 spiro atoms. The number of rotatable bonds is 11. The van der Waals surface area contributed by atoms with Crippen molar-refractivity contribution in [3.63, 3.8) is 0 Å². The Morgan fingerprint density at radius 3 is 1.64 bits per heavy atom. The number of ether oxygens (including phenoxy) is 2. The van der Waals surface area contributed by atoms with E-state index in [2.05, 4.69) is 26.7 Å². The molecule has 2 aromatic heterocycles. The number of methoxy groups -OCH3 is 2. The van der Waals surface area contributed by atoms with Crippen LogP contribution >= 0.6 is 0 Å². The minimum absolute atomic E-state index is 0.0812. The zero-order valence-electron chi connectivity index (χ0n) is 33.5. The molecule has 15 heteroatoms. The second-order valence-electron chi connectivity index (χ2n) is 16.6. The molecule has 4 fully saturated rings. The third-order valence-corrected chi connectivity index (χ3v) is 12.2. The van der Waals surface area contributed by atoms with Gasteiger partial charge in [0.15, 0.2) is 0 Å². The highest BCUT2D eigenvalue weighted by Gasteiger charge is 2.57. The quantitative estimate of drug-likeness (QED) is 0.139. The Labute approximate surface area is 336 Å². The number of alkyl carbamates (subject to hydrolysis) is 2. The van der Waals surface area contributed by atoms with Crippen molar-refractivity contribution < 1.29 is 28.7 Å². The smallest absolute Gasteiger partial charge is 0.407 e. The van der Waals surface area contributed by atoms with E-state index >= 15 is 0 Å². The first kappa shape index (κ1) is 38.7. The summed E-state index contributed by atoms with van der Waals surface area (Å²) in [6.07, 6.45) is 4.03. The standard InChI is InChI=1S/C43H49N9O6/c1-21(2)35(49-42(55)57-5)40(53)51-31-15-27(31)17-33(51)38-45-20-30(47-38)25-11-7-23(8-12-25)24-9-13-26(14-10-24)37-29(19-44)46-39(48-37)34-18-28-16-32(28)52(34)41(54)36(22(3)4)50-43(56)58-6/h7-14,20-22,27-28,31-36H,15-18H2,1-6H3,(H,45,47)(H,46,48)(H,49,55)(H,50,56)/t27-,28-,31-,32-,33+,34+,35+,36+/m1/s1. The van der Waals surface area contributed by atoms with Gasteiger partial charge in [0.2, 0.25) is 11.8 Å². The molecule has 0 bridgehead atoms. The average Bonchev–Trinajstić information content (AvgIpc) is 3.85. The van der Waals surface area contributed by atoms with Gasteiger partial charge < -0.3 is 39.9 Å². The second-order valence-corrected chi connectivity index (χ2v) is 16.6. The number of nitrogens with zero attached hydrogens (tertiary/aromatic N) is 5. The Hall–Kier alpha value is -6.17. The van der Waals surface area contributed by atoms with Crippen molar-refractivity contribution in [3.05, 3.63) is 72.1 Å². The summed E-state index contributed by atoms with van der Waals surface area (Å²) >= 11 is 0. The van der Waals surface area contributed by atoms with Crippen molar-refractivity contribution >= 4 is 24.0 Å². The zero-order valence-corrected chi connectivity index (χ0v) is 33.5. The maximum absolute atomic E-state index is 13.9. The van der Waals surface area contributed by atoms with E-state index in [-0.39, 0.29) is 47.8 Å². The minimum Gasteiger partial charge on any atom is -0.453 e. The van der Waals surface area contributed by atoms with Gasteiger partial charge in [0.1, 0.15) is 41.2 Å². The van der Waals surface area contributed by atoms with Crippen LogP contribution in [-0.4, -0.2) is 92.1 Å². The number of piperidine rings is 2. The number of carbonyl (C=O) groups excluding carboxylic acids is 4. The zero-order chi connectivity index (χ0) is 41.0. The van der Waals surface area contributed by atoms with Crippen LogP contribution in [0.2, 0.25) is 0 Å². The fourth-order valence-electron chi connectivity index (χ4n) is 8.90. The number of aromatic amines is 2. The van der Waals surface area contributed by atoms with Gasteiger partial charge in [-0.15, -0.1) is 0 Å². The largest absolute Gasteiger partial charge is 0.453 e. The Morgan fingerprint density at radius 1 is 0.707 bits per heavy atom. The first-order valence-electron chi connectivity index (χ1n) is 20.0. The van der Waals surface area contributed by atoms with Gasteiger partial charge in [0.05, 0.1) is 32.0 Å². The molecule has 4 aliphatic rings. The Kier molecular flexibility index (Phi) is 10.2. The van der Waals surface area contributed by atoms with E-state index in [1.807, 2.05) is 92.2 Å². The molecule has 2 aliphatic carbocycles. The molecule has 4 amide bonds. The lowest BCUT2D eigenvalue weighted by Crippen LogP contribution is -2.52. The Morgan fingerprint density at radius 2 is 1.17 bits per heavy atom. The van der Waals surface area contributed by atoms with Crippen molar-refractivity contribution in [3.8, 4) is 39.7 Å². The number of aromatic nitrogens is 4. The molecule has 8 atom stereocenters. The highest BCUT2D eigenvalue weighted by Crippen LogP contribution is 2.54. The number of fused-ring (bicyclic) bond motifs is 2. The number of benzene rings is 2. The van der Waals surface area contributed by atoms with Crippen molar-refractivity contribution in [1.29, 1.82) is 5.26 Å². The SMILES string of the molecule is COC(=O)N[C@H](C(=O)N1[C@@H]2C[C@@H]2C[C@H]1c1nc(-c2ccc(-c3ccc(-c4nc([C@@H]5C[C@H]6C[C@H]6N5C(=O)[C@@H](NC(=O)OC)C(C)C)[nH]c4C#N)cc3)cc2)c[nH]1)C(C)C. The topological polar surface area (TPSA) is 198 Å². The lowest BCUT2D eigenvalue weighted by atomic mass is 10.0. The number of hydrogen-bond acceptors (Lipinski definition) is 9. The summed E-state index contributed by atoms with van der Waals surface area (Å²) in [5.74, 6) is 1.53. The molecule has 58 heavy (non-hydrogen) atoms. The first-order valence-corrected chi connectivity index (χ1v) is 20.0. The average molecular weight is 788 g/mol. The Bertz CT molecular complexity index is 2260. The predicted molar refractivity (Wildman–Crippen MR) is 212 cm³/mol. The van der Waals surface area contributed by atoms with Crippen LogP contribution in [0, 0.1) is 35.0 Å². The predicted octanol–water partition coefficient (Wildman–Crippen LogP) is 6.09. The number of carbonyl (C=O) groups is 4. The maximum atomic E-state index is 13.9. The van der Waals surface area contributed by atoms with Crippen molar-refractivity contribution in [2.45, 2.75) is 89.6 Å². The third-order valence-electron chi connectivity index (χ3n) is 12.2. The number of nitriles is 1. The van der Waals surface area contributed by atoms with Crippen LogP contribution < -0.4 is 10.6 Å². The number of likely N-dealkylation sites (tertiary alicyclic amines) is 2. The van der Waals surface area contributed by atoms with E-state index in [1.165, 1.54) is 14.2 Å². The van der Waals surface area contributed by atoms with E-state index < -0.39 is 24.3 Å². The van der Waals surface area contributed by atoms with Gasteiger partial charge >= 0.3 is 12.2 Å². The number of hydrogen-bond donors (Lipinski definition) is 4. The highest BCUT2D eigenvalue weighted by molar-refractivity contribution is 5.88. The van der Waals surface area contributed by atoms with E-state index in [4.69, 9.17) is 19.4 Å². The van der Waals surface area contributed by atoms with Gasteiger partial charge in [-0.05, 0) is 60.5 Å². The van der Waals surface area contributed by atoms with E-state index in [0.29, 0.717) is 29.0 Å². The van der Waals surface area contributed by atoms with E-state index in [9.17, 15) is 24.4 Å². The van der Waals surface area contributed by atoms with Crippen molar-refractivity contribution in [2.75, 3.05) is 14.2 Å². The fourth-order valence-corrected chi connectivity index (χ4v) is 8.90. The molecule has 4 heterocycles. The molecule has 2 aliphatic heterocycles. The summed E-state index contributed by atoms with van der Waals surface area (Å²) in [7, 11) is 2.57. The summed E-state index contributed by atoms with van der Waals surface area (Å²) < 4.78 is 9.57. The normalized spacial score (nSPS) is 23.8. The molecule has 2 saturated carbocycles. The number of amides is 4. The third kappa shape index (κ3) is 7.16. The van der Waals surface area contributed by atoms with Gasteiger partial charge in [0.25, 0.3) is 0 Å². The van der Waals surface area contributed by atoms with Crippen LogP contribution in [0.25, 0.3) is 33.6 Å². The van der Waals surface area contributed by atoms with Gasteiger partial charge in [-0.1, -0.05) is 76.2 Å². The number of imidazole rings is 2. The van der Waals surface area contributed by atoms with E-state index in [1.54, 1.807) is 0 Å². The highest BCUT2D eigenvalue weighted by atomic mass is 16.5. The summed E-state index contributed by atoms with van der Waals surface area (Å²) in [6, 6.07) is 16.5. The van der Waals surface area contributed by atoms with Gasteiger partial charge in [-0.2, -0.15) is 5.26 Å². The van der Waals surface area contributed by atoms with Crippen LogP contribution in [-0.2, 0) is 19.1 Å². The molecule has 15 nitrogen and oxygen atoms in total. The number of H-pyrrole nitrogens is 2. The van der Waals surface area contributed by atoms with Crippen LogP contribution in [0.4, 0.5) is 9.59 Å².